The monoisotopic (exact) mass is 560 g/mol. The maximum absolute atomic E-state index is 13.6. The number of fused-ring (bicyclic) bond motifs is 1. The van der Waals surface area contributed by atoms with Crippen molar-refractivity contribution in [1.29, 1.82) is 0 Å². The van der Waals surface area contributed by atoms with Crippen molar-refractivity contribution in [3.8, 4) is 23.5 Å². The van der Waals surface area contributed by atoms with Gasteiger partial charge >= 0.3 is 6.03 Å². The van der Waals surface area contributed by atoms with Crippen LogP contribution in [0.5, 0.6) is 11.6 Å². The predicted octanol–water partition coefficient (Wildman–Crippen LogP) is 4.01. The molecular formula is C31H33FN4O5. The van der Waals surface area contributed by atoms with Crippen molar-refractivity contribution in [2.24, 2.45) is 5.92 Å². The molecule has 10 heteroatoms. The summed E-state index contributed by atoms with van der Waals surface area (Å²) in [4.78, 5) is 34.0. The lowest BCUT2D eigenvalue weighted by Crippen LogP contribution is -2.50. The van der Waals surface area contributed by atoms with Crippen LogP contribution in [0, 0.1) is 23.6 Å². The fourth-order valence-corrected chi connectivity index (χ4v) is 4.35. The van der Waals surface area contributed by atoms with Gasteiger partial charge in [0.25, 0.3) is 5.91 Å². The van der Waals surface area contributed by atoms with Crippen LogP contribution in [-0.4, -0.2) is 77.8 Å². The number of nitrogens with one attached hydrogen (secondary N) is 1. The summed E-state index contributed by atoms with van der Waals surface area (Å²) in [5, 5.41) is 12.7. The van der Waals surface area contributed by atoms with E-state index in [1.165, 1.54) is 23.2 Å². The number of likely N-dealkylation sites (N-methyl/N-ethyl adjacent to an activating group) is 1. The number of aliphatic hydroxyl groups is 1. The molecule has 0 fully saturated rings. The van der Waals surface area contributed by atoms with Crippen molar-refractivity contribution in [3.05, 3.63) is 83.3 Å². The van der Waals surface area contributed by atoms with Gasteiger partial charge in [-0.2, -0.15) is 0 Å². The van der Waals surface area contributed by atoms with Crippen LogP contribution in [0.15, 0.2) is 60.8 Å². The zero-order valence-corrected chi connectivity index (χ0v) is 23.4. The first-order chi connectivity index (χ1) is 19.7. The van der Waals surface area contributed by atoms with Crippen molar-refractivity contribution in [2.75, 3.05) is 39.2 Å². The van der Waals surface area contributed by atoms with Gasteiger partial charge in [-0.15, -0.1) is 0 Å². The van der Waals surface area contributed by atoms with Crippen molar-refractivity contribution < 1.29 is 28.6 Å². The molecule has 2 heterocycles. The zero-order chi connectivity index (χ0) is 29.5. The molecule has 41 heavy (non-hydrogen) atoms. The molecule has 0 saturated heterocycles. The Labute approximate surface area is 238 Å². The molecule has 3 atom stereocenters. The Balaban J connectivity index is 1.59. The summed E-state index contributed by atoms with van der Waals surface area (Å²) in [7, 11) is 3.23. The number of nitrogens with zero attached hydrogens (tertiary/aromatic N) is 3. The van der Waals surface area contributed by atoms with E-state index >= 15 is 0 Å². The number of anilines is 1. The molecule has 214 valence electrons. The van der Waals surface area contributed by atoms with Crippen LogP contribution in [-0.2, 0) is 0 Å². The van der Waals surface area contributed by atoms with Gasteiger partial charge < -0.3 is 29.7 Å². The summed E-state index contributed by atoms with van der Waals surface area (Å²) in [6, 6.07) is 13.7. The Hall–Kier alpha value is -4.62. The first-order valence-electron chi connectivity index (χ1n) is 13.2. The minimum absolute atomic E-state index is 0.113. The lowest BCUT2D eigenvalue weighted by atomic mass is 10.00. The second kappa shape index (κ2) is 13.2. The number of pyridine rings is 1. The van der Waals surface area contributed by atoms with Crippen molar-refractivity contribution in [3.63, 3.8) is 0 Å². The van der Waals surface area contributed by atoms with Crippen LogP contribution in [0.1, 0.15) is 35.3 Å². The molecule has 2 aromatic carbocycles. The fraction of sp³-hybridized carbons (Fsp3) is 0.323. The van der Waals surface area contributed by atoms with E-state index in [0.717, 1.165) is 0 Å². The Morgan fingerprint density at radius 1 is 1.24 bits per heavy atom. The summed E-state index contributed by atoms with van der Waals surface area (Å²) < 4.78 is 25.0. The van der Waals surface area contributed by atoms with Gasteiger partial charge in [-0.3, -0.25) is 4.79 Å². The maximum Gasteiger partial charge on any atom is 0.321 e. The highest BCUT2D eigenvalue weighted by Crippen LogP contribution is 2.27. The van der Waals surface area contributed by atoms with E-state index in [1.807, 2.05) is 6.92 Å². The Morgan fingerprint density at radius 3 is 2.66 bits per heavy atom. The average Bonchev–Trinajstić information content (AvgIpc) is 2.97. The molecule has 4 rings (SSSR count). The number of carbonyl (C=O) groups excluding carboxylic acids is 2. The summed E-state index contributed by atoms with van der Waals surface area (Å²) in [5.74, 6) is 5.66. The topological polar surface area (TPSA) is 104 Å². The highest BCUT2D eigenvalue weighted by molar-refractivity contribution is 5.97. The molecule has 0 bridgehead atoms. The normalized spacial score (nSPS) is 17.1. The van der Waals surface area contributed by atoms with E-state index in [4.69, 9.17) is 9.47 Å². The second-order valence-corrected chi connectivity index (χ2v) is 10.00. The zero-order valence-electron chi connectivity index (χ0n) is 23.4. The number of rotatable bonds is 6. The van der Waals surface area contributed by atoms with Gasteiger partial charge in [0.1, 0.15) is 23.2 Å². The number of aliphatic hydroxyl groups excluding tert-OH is 1. The van der Waals surface area contributed by atoms with Crippen LogP contribution in [0.2, 0.25) is 0 Å². The lowest BCUT2D eigenvalue weighted by molar-refractivity contribution is 0.0356. The first kappa shape index (κ1) is 29.4. The third kappa shape index (κ3) is 7.32. The molecule has 0 unspecified atom stereocenters. The van der Waals surface area contributed by atoms with Crippen molar-refractivity contribution in [2.45, 2.75) is 26.0 Å². The molecule has 0 spiro atoms. The van der Waals surface area contributed by atoms with E-state index in [0.29, 0.717) is 22.6 Å². The van der Waals surface area contributed by atoms with Crippen LogP contribution in [0.25, 0.3) is 0 Å². The Bertz CT molecular complexity index is 1450. The molecule has 1 aliphatic rings. The van der Waals surface area contributed by atoms with Gasteiger partial charge in [-0.05, 0) is 55.5 Å². The minimum atomic E-state index is -0.515. The third-order valence-electron chi connectivity index (χ3n) is 6.84. The molecule has 0 radical (unpaired) electrons. The maximum atomic E-state index is 13.6. The summed E-state index contributed by atoms with van der Waals surface area (Å²) >= 11 is 0. The number of ether oxygens (including phenoxy) is 2. The van der Waals surface area contributed by atoms with E-state index in [-0.39, 0.29) is 49.0 Å². The van der Waals surface area contributed by atoms with Crippen LogP contribution >= 0.6 is 0 Å². The smallest absolute Gasteiger partial charge is 0.321 e. The van der Waals surface area contributed by atoms with Gasteiger partial charge in [0, 0.05) is 42.5 Å². The quantitative estimate of drug-likeness (QED) is 0.442. The number of hydrogen-bond acceptors (Lipinski definition) is 6. The SMILES string of the molecule is COc1ccc(NC(=O)N(C)C[C@@H]2Oc3ncc(C#Cc4cccc(F)c4)cc3C(=O)N([C@H](C)CO)C[C@@H]2C)cc1. The molecule has 3 amide bonds. The summed E-state index contributed by atoms with van der Waals surface area (Å²) in [6.45, 7) is 3.96. The average molecular weight is 561 g/mol. The standard InChI is InChI=1S/C31H33FN4O5/c1-20-17-36(21(2)19-37)30(38)27-15-23(9-8-22-6-5-7-24(32)14-22)16-33-29(27)41-28(20)18-35(3)31(39)34-25-10-12-26(40-4)13-11-25/h5-7,10-16,20-21,28,37H,17-19H2,1-4H3,(H,34,39)/t20-,21+,28-/m0/s1. The number of halogens is 1. The number of carbonyl (C=O) groups is 2. The minimum Gasteiger partial charge on any atom is -0.497 e. The van der Waals surface area contributed by atoms with Crippen LogP contribution in [0.4, 0.5) is 14.9 Å². The predicted molar refractivity (Wildman–Crippen MR) is 152 cm³/mol. The van der Waals surface area contributed by atoms with Crippen LogP contribution in [0.3, 0.4) is 0 Å². The number of hydrogen-bond donors (Lipinski definition) is 2. The highest BCUT2D eigenvalue weighted by Gasteiger charge is 2.34. The van der Waals surface area contributed by atoms with Gasteiger partial charge in [0.15, 0.2) is 0 Å². The van der Waals surface area contributed by atoms with Crippen LogP contribution < -0.4 is 14.8 Å². The van der Waals surface area contributed by atoms with Gasteiger partial charge in [-0.25, -0.2) is 14.2 Å². The molecule has 2 N–H and O–H groups in total. The molecule has 9 nitrogen and oxygen atoms in total. The third-order valence-corrected chi connectivity index (χ3v) is 6.84. The van der Waals surface area contributed by atoms with Gasteiger partial charge in [-0.1, -0.05) is 24.8 Å². The largest absolute Gasteiger partial charge is 0.497 e. The first-order valence-corrected chi connectivity index (χ1v) is 13.2. The molecule has 3 aromatic rings. The Morgan fingerprint density at radius 2 is 1.98 bits per heavy atom. The molecule has 1 aliphatic heterocycles. The number of methoxy groups -OCH3 is 1. The van der Waals surface area contributed by atoms with Gasteiger partial charge in [0.2, 0.25) is 5.88 Å². The van der Waals surface area contributed by atoms with Crippen molar-refractivity contribution in [1.82, 2.24) is 14.8 Å². The number of aromatic nitrogens is 1. The Kier molecular flexibility index (Phi) is 9.42. The van der Waals surface area contributed by atoms with E-state index in [2.05, 4.69) is 22.1 Å². The molecule has 0 saturated carbocycles. The number of urea groups is 1. The summed E-state index contributed by atoms with van der Waals surface area (Å²) in [6.07, 6.45) is 0.973. The number of amides is 3. The second-order valence-electron chi connectivity index (χ2n) is 10.00. The molecular weight excluding hydrogens is 527 g/mol. The van der Waals surface area contributed by atoms with Gasteiger partial charge in [0.05, 0.1) is 26.3 Å². The van der Waals surface area contributed by atoms with Crippen molar-refractivity contribution >= 4 is 17.6 Å². The van der Waals surface area contributed by atoms with E-state index in [1.54, 1.807) is 68.4 Å². The fourth-order valence-electron chi connectivity index (χ4n) is 4.35. The lowest BCUT2D eigenvalue weighted by Gasteiger charge is -2.37. The molecule has 1 aromatic heterocycles. The highest BCUT2D eigenvalue weighted by atomic mass is 19.1. The molecule has 0 aliphatic carbocycles. The van der Waals surface area contributed by atoms with E-state index in [9.17, 15) is 19.1 Å². The summed E-state index contributed by atoms with van der Waals surface area (Å²) in [5.41, 5.74) is 1.74. The number of benzene rings is 2. The van der Waals surface area contributed by atoms with E-state index < -0.39 is 18.0 Å².